The molecular weight excluding hydrogens is 184 g/mol. The van der Waals surface area contributed by atoms with E-state index < -0.39 is 0 Å². The Morgan fingerprint density at radius 1 is 1.78 bits per heavy atom. The van der Waals surface area contributed by atoms with Crippen LogP contribution in [0.2, 0.25) is 0 Å². The molecule has 0 saturated carbocycles. The van der Waals surface area contributed by atoms with E-state index in [0.29, 0.717) is 6.04 Å². The molecule has 9 heavy (non-hydrogen) atoms. The molecule has 1 fully saturated rings. The molecule has 1 heterocycles. The molecule has 2 heteroatoms. The summed E-state index contributed by atoms with van der Waals surface area (Å²) >= 11 is 0. The number of hydrogen-bond donors (Lipinski definition) is 0. The molecule has 1 saturated heterocycles. The van der Waals surface area contributed by atoms with Gasteiger partial charge in [0.15, 0.2) is 0 Å². The second-order valence-electron chi connectivity index (χ2n) is 2.12. The van der Waals surface area contributed by atoms with E-state index >= 15 is 0 Å². The Bertz CT molecular complexity index is 117. The average Bonchev–Trinajstić information content (AvgIpc) is 2.14. The summed E-state index contributed by atoms with van der Waals surface area (Å²) in [6, 6.07) is 0.301. The van der Waals surface area contributed by atoms with Gasteiger partial charge in [-0.1, -0.05) is 6.04 Å². The van der Waals surface area contributed by atoms with E-state index in [9.17, 15) is 0 Å². The molecule has 0 amide bonds. The number of likely N-dealkylation sites (tertiary alicyclic amines) is 1. The van der Waals surface area contributed by atoms with Crippen LogP contribution >= 0.6 is 0 Å². The molecule has 1 aliphatic rings. The van der Waals surface area contributed by atoms with Crippen molar-refractivity contribution in [2.45, 2.75) is 12.5 Å². The van der Waals surface area contributed by atoms with Gasteiger partial charge in [0.2, 0.25) is 0 Å². The van der Waals surface area contributed by atoms with E-state index in [4.69, 9.17) is 6.42 Å². The third kappa shape index (κ3) is 2.82. The van der Waals surface area contributed by atoms with Gasteiger partial charge in [0.05, 0.1) is 0 Å². The minimum absolute atomic E-state index is 0. The second kappa shape index (κ2) is 5.04. The van der Waals surface area contributed by atoms with Gasteiger partial charge in [0.25, 0.3) is 0 Å². The van der Waals surface area contributed by atoms with Gasteiger partial charge in [-0.3, -0.25) is 6.42 Å². The topological polar surface area (TPSA) is 3.24 Å². The van der Waals surface area contributed by atoms with Crippen molar-refractivity contribution in [3.8, 4) is 12.3 Å². The van der Waals surface area contributed by atoms with Gasteiger partial charge in [-0.15, -0.1) is 12.3 Å². The van der Waals surface area contributed by atoms with Crippen molar-refractivity contribution in [1.82, 2.24) is 4.90 Å². The average molecular weight is 194 g/mol. The quantitative estimate of drug-likeness (QED) is 0.305. The summed E-state index contributed by atoms with van der Waals surface area (Å²) in [5, 5.41) is 0. The zero-order valence-electron chi connectivity index (χ0n) is 6.09. The Morgan fingerprint density at radius 2 is 2.44 bits per heavy atom. The van der Waals surface area contributed by atoms with Gasteiger partial charge in [-0.2, -0.15) is 6.42 Å². The summed E-state index contributed by atoms with van der Waals surface area (Å²) in [5.41, 5.74) is 0. The molecule has 1 nitrogen and oxygen atoms in total. The first-order valence-electron chi connectivity index (χ1n) is 2.84. The first-order chi connectivity index (χ1) is 3.84. The standard InChI is InChI=1S/C7H10N.Rb/c1-3-7-5-4-6-8(7)2;/h1,5,7H,4,6H2,2H3;/q-1;+1. The van der Waals surface area contributed by atoms with Crippen molar-refractivity contribution >= 4 is 0 Å². The van der Waals surface area contributed by atoms with Gasteiger partial charge >= 0.3 is 58.2 Å². The van der Waals surface area contributed by atoms with E-state index in [1.807, 2.05) is 7.05 Å². The zero-order chi connectivity index (χ0) is 5.98. The molecule has 0 bridgehead atoms. The molecule has 44 valence electrons. The van der Waals surface area contributed by atoms with Gasteiger partial charge in [-0.05, 0) is 13.6 Å². The number of terminal acetylenes is 1. The second-order valence-corrected chi connectivity index (χ2v) is 2.12. The van der Waals surface area contributed by atoms with Gasteiger partial charge in [-0.25, -0.2) is 0 Å². The van der Waals surface area contributed by atoms with Crippen molar-refractivity contribution < 1.29 is 58.2 Å². The Labute approximate surface area is 106 Å². The summed E-state index contributed by atoms with van der Waals surface area (Å²) in [7, 11) is 2.05. The number of nitrogens with zero attached hydrogens (tertiary/aromatic N) is 1. The molecule has 1 unspecified atom stereocenters. The first-order valence-corrected chi connectivity index (χ1v) is 2.84. The van der Waals surface area contributed by atoms with Crippen LogP contribution in [0.25, 0.3) is 0 Å². The Morgan fingerprint density at radius 3 is 2.67 bits per heavy atom. The molecule has 0 aromatic heterocycles. The minimum Gasteiger partial charge on any atom is -0.324 e. The van der Waals surface area contributed by atoms with Crippen LogP contribution < -0.4 is 58.2 Å². The molecule has 0 radical (unpaired) electrons. The number of hydrogen-bond acceptors (Lipinski definition) is 1. The summed E-state index contributed by atoms with van der Waals surface area (Å²) < 4.78 is 0. The fourth-order valence-electron chi connectivity index (χ4n) is 0.950. The Hall–Kier alpha value is 1.33. The predicted molar refractivity (Wildman–Crippen MR) is 34.2 cm³/mol. The smallest absolute Gasteiger partial charge is 0.324 e. The van der Waals surface area contributed by atoms with Crippen LogP contribution in [0.1, 0.15) is 6.42 Å². The van der Waals surface area contributed by atoms with E-state index in [2.05, 4.69) is 17.2 Å². The van der Waals surface area contributed by atoms with Crippen LogP contribution in [-0.2, 0) is 0 Å². The van der Waals surface area contributed by atoms with Crippen LogP contribution in [0.5, 0.6) is 0 Å². The van der Waals surface area contributed by atoms with Crippen LogP contribution in [0.4, 0.5) is 0 Å². The van der Waals surface area contributed by atoms with E-state index in [0.717, 1.165) is 13.0 Å². The molecule has 1 rings (SSSR count). The van der Waals surface area contributed by atoms with E-state index in [1.54, 1.807) is 0 Å². The van der Waals surface area contributed by atoms with Crippen molar-refractivity contribution in [3.05, 3.63) is 6.42 Å². The maximum Gasteiger partial charge on any atom is 1.00 e. The molecule has 0 aliphatic carbocycles. The molecule has 0 N–H and O–H groups in total. The fraction of sp³-hybridized carbons (Fsp3) is 0.571. The molecule has 0 aromatic carbocycles. The molecule has 1 aliphatic heterocycles. The summed E-state index contributed by atoms with van der Waals surface area (Å²) in [4.78, 5) is 2.17. The molecule has 0 aromatic rings. The van der Waals surface area contributed by atoms with Gasteiger partial charge < -0.3 is 4.90 Å². The van der Waals surface area contributed by atoms with Crippen molar-refractivity contribution in [3.63, 3.8) is 0 Å². The maximum absolute atomic E-state index is 5.20. The van der Waals surface area contributed by atoms with E-state index in [1.165, 1.54) is 0 Å². The molecule has 0 spiro atoms. The fourth-order valence-corrected chi connectivity index (χ4v) is 0.950. The molecular formula is C7H10NRb. The SMILES string of the molecule is C#CC1[CH-]CCN1C.[Rb+]. The summed E-state index contributed by atoms with van der Waals surface area (Å²) in [6.45, 7) is 1.12. The number of rotatable bonds is 0. The largest absolute Gasteiger partial charge is 1.00 e. The third-order valence-corrected chi connectivity index (χ3v) is 1.52. The maximum atomic E-state index is 5.20. The van der Waals surface area contributed by atoms with Crippen LogP contribution in [0.15, 0.2) is 0 Å². The van der Waals surface area contributed by atoms with Gasteiger partial charge in [0, 0.05) is 0 Å². The normalized spacial score (nSPS) is 26.9. The minimum atomic E-state index is 0. The summed E-state index contributed by atoms with van der Waals surface area (Å²) in [5.74, 6) is 2.68. The van der Waals surface area contributed by atoms with Crippen molar-refractivity contribution in [2.24, 2.45) is 0 Å². The van der Waals surface area contributed by atoms with E-state index in [-0.39, 0.29) is 58.2 Å². The van der Waals surface area contributed by atoms with Crippen LogP contribution in [-0.4, -0.2) is 24.5 Å². The van der Waals surface area contributed by atoms with Crippen LogP contribution in [0.3, 0.4) is 0 Å². The Balaban J connectivity index is 0.000000640. The summed E-state index contributed by atoms with van der Waals surface area (Å²) in [6.07, 6.45) is 8.51. The zero-order valence-corrected chi connectivity index (χ0v) is 11.0. The predicted octanol–water partition coefficient (Wildman–Crippen LogP) is -2.47. The third-order valence-electron chi connectivity index (χ3n) is 1.52. The van der Waals surface area contributed by atoms with Crippen LogP contribution in [0, 0.1) is 18.8 Å². The first kappa shape index (κ1) is 10.3. The van der Waals surface area contributed by atoms with Gasteiger partial charge in [0.1, 0.15) is 0 Å². The Kier molecular flexibility index (Phi) is 5.78. The molecule has 1 atom stereocenters. The van der Waals surface area contributed by atoms with Crippen molar-refractivity contribution in [2.75, 3.05) is 13.6 Å². The monoisotopic (exact) mass is 193 g/mol. The van der Waals surface area contributed by atoms with Crippen molar-refractivity contribution in [1.29, 1.82) is 0 Å².